The Balaban J connectivity index is 1.89. The second-order valence-electron chi connectivity index (χ2n) is 6.96. The van der Waals surface area contributed by atoms with Crippen LogP contribution in [0.2, 0.25) is 0 Å². The Kier molecular flexibility index (Phi) is 5.82. The average Bonchev–Trinajstić information content (AvgIpc) is 3.09. The lowest BCUT2D eigenvalue weighted by Crippen LogP contribution is -2.10. The molecule has 0 unspecified atom stereocenters. The second kappa shape index (κ2) is 8.29. The Morgan fingerprint density at radius 3 is 2.54 bits per heavy atom. The average molecular weight is 383 g/mol. The summed E-state index contributed by atoms with van der Waals surface area (Å²) in [4.78, 5) is 21.3. The number of rotatable bonds is 7. The summed E-state index contributed by atoms with van der Waals surface area (Å²) in [5.41, 5.74) is 1.80. The first kappa shape index (κ1) is 19.7. The first-order chi connectivity index (χ1) is 13.3. The van der Waals surface area contributed by atoms with Gasteiger partial charge in [0.1, 0.15) is 5.82 Å². The zero-order chi connectivity index (χ0) is 20.3. The molecule has 3 aromatic rings. The number of pyridine rings is 1. The predicted molar refractivity (Wildman–Crippen MR) is 102 cm³/mol. The number of hydrogen-bond donors (Lipinski definition) is 0. The van der Waals surface area contributed by atoms with Gasteiger partial charge in [0.05, 0.1) is 6.10 Å². The highest BCUT2D eigenvalue weighted by Crippen LogP contribution is 2.31. The number of aromatic nitrogens is 3. The summed E-state index contributed by atoms with van der Waals surface area (Å²) in [6, 6.07) is 7.73. The van der Waals surface area contributed by atoms with Crippen LogP contribution in [0.3, 0.4) is 0 Å². The fourth-order valence-corrected chi connectivity index (χ4v) is 2.75. The maximum absolute atomic E-state index is 13.3. The summed E-state index contributed by atoms with van der Waals surface area (Å²) in [6.07, 6.45) is 1.61. The molecular formula is C21H22FN3O3. The van der Waals surface area contributed by atoms with Crippen molar-refractivity contribution in [1.82, 2.24) is 15.1 Å². The van der Waals surface area contributed by atoms with Crippen LogP contribution < -0.4 is 4.74 Å². The minimum atomic E-state index is -0.334. The number of carbonyl (C=O) groups excluding carboxylic acids is 1. The molecule has 0 spiro atoms. The summed E-state index contributed by atoms with van der Waals surface area (Å²) in [7, 11) is 0. The summed E-state index contributed by atoms with van der Waals surface area (Å²) >= 11 is 0. The number of halogens is 1. The van der Waals surface area contributed by atoms with Gasteiger partial charge in [0.2, 0.25) is 11.8 Å². The zero-order valence-electron chi connectivity index (χ0n) is 16.3. The van der Waals surface area contributed by atoms with Crippen molar-refractivity contribution in [3.05, 3.63) is 59.6 Å². The van der Waals surface area contributed by atoms with E-state index in [1.165, 1.54) is 18.3 Å². The fraction of sp³-hybridized carbons (Fsp3) is 0.333. The topological polar surface area (TPSA) is 78.1 Å². The van der Waals surface area contributed by atoms with Crippen LogP contribution in [0, 0.1) is 12.7 Å². The number of nitrogens with zero attached hydrogens (tertiary/aromatic N) is 3. The van der Waals surface area contributed by atoms with E-state index in [0.717, 1.165) is 5.56 Å². The van der Waals surface area contributed by atoms with Gasteiger partial charge in [0.25, 0.3) is 0 Å². The van der Waals surface area contributed by atoms with Crippen molar-refractivity contribution in [2.24, 2.45) is 0 Å². The van der Waals surface area contributed by atoms with Crippen molar-refractivity contribution in [3.8, 4) is 17.0 Å². The van der Waals surface area contributed by atoms with Gasteiger partial charge >= 0.3 is 0 Å². The SMILES string of the molecule is Cc1noc([C@@H](C)CC(=O)c2cnc(OC(C)C)c(-c3ccc(F)cc3)c2)n1. The summed E-state index contributed by atoms with van der Waals surface area (Å²) in [5.74, 6) is 0.713. The molecule has 2 aromatic heterocycles. The predicted octanol–water partition coefficient (Wildman–Crippen LogP) is 4.74. The lowest BCUT2D eigenvalue weighted by molar-refractivity contribution is 0.0970. The van der Waals surface area contributed by atoms with E-state index in [1.54, 1.807) is 25.1 Å². The van der Waals surface area contributed by atoms with E-state index in [-0.39, 0.29) is 30.0 Å². The molecule has 0 radical (unpaired) electrons. The van der Waals surface area contributed by atoms with E-state index >= 15 is 0 Å². The molecule has 0 aliphatic carbocycles. The van der Waals surface area contributed by atoms with Crippen LogP contribution in [0.25, 0.3) is 11.1 Å². The van der Waals surface area contributed by atoms with Gasteiger partial charge in [-0.1, -0.05) is 24.2 Å². The Morgan fingerprint density at radius 1 is 1.21 bits per heavy atom. The standard InChI is InChI=1S/C21H22FN3O3/c1-12(2)27-21-18(15-5-7-17(22)8-6-15)10-16(11-23-21)19(26)9-13(3)20-24-14(4)25-28-20/h5-8,10-13H,9H2,1-4H3/t13-/m0/s1. The van der Waals surface area contributed by atoms with E-state index in [9.17, 15) is 9.18 Å². The monoisotopic (exact) mass is 383 g/mol. The molecule has 0 bridgehead atoms. The number of carbonyl (C=O) groups is 1. The van der Waals surface area contributed by atoms with Crippen LogP contribution in [0.15, 0.2) is 41.1 Å². The van der Waals surface area contributed by atoms with Crippen molar-refractivity contribution in [2.75, 3.05) is 0 Å². The number of ketones is 1. The molecule has 1 atom stereocenters. The summed E-state index contributed by atoms with van der Waals surface area (Å²) < 4.78 is 24.2. The highest BCUT2D eigenvalue weighted by atomic mass is 19.1. The van der Waals surface area contributed by atoms with Crippen molar-refractivity contribution in [2.45, 2.75) is 46.1 Å². The van der Waals surface area contributed by atoms with E-state index < -0.39 is 0 Å². The quantitative estimate of drug-likeness (QED) is 0.548. The van der Waals surface area contributed by atoms with E-state index in [2.05, 4.69) is 15.1 Å². The third kappa shape index (κ3) is 4.60. The van der Waals surface area contributed by atoms with Gasteiger partial charge in [-0.15, -0.1) is 0 Å². The Labute approximate surface area is 162 Å². The highest BCUT2D eigenvalue weighted by molar-refractivity contribution is 5.97. The molecule has 2 heterocycles. The fourth-order valence-electron chi connectivity index (χ4n) is 2.75. The van der Waals surface area contributed by atoms with Gasteiger partial charge in [0.15, 0.2) is 11.6 Å². The van der Waals surface area contributed by atoms with Crippen LogP contribution in [-0.4, -0.2) is 27.0 Å². The molecule has 1 aromatic carbocycles. The molecule has 0 aliphatic rings. The lowest BCUT2D eigenvalue weighted by atomic mass is 9.98. The first-order valence-electron chi connectivity index (χ1n) is 9.09. The number of aryl methyl sites for hydroxylation is 1. The normalized spacial score (nSPS) is 12.2. The third-order valence-corrected chi connectivity index (χ3v) is 4.13. The molecule has 0 fully saturated rings. The minimum absolute atomic E-state index is 0.0889. The number of Topliss-reactive ketones (excluding diaryl/α,β-unsaturated/α-hetero) is 1. The first-order valence-corrected chi connectivity index (χ1v) is 9.09. The molecular weight excluding hydrogens is 361 g/mol. The van der Waals surface area contributed by atoms with Gasteiger partial charge in [-0.25, -0.2) is 9.37 Å². The molecule has 6 nitrogen and oxygen atoms in total. The van der Waals surface area contributed by atoms with Crippen LogP contribution in [0.5, 0.6) is 5.88 Å². The van der Waals surface area contributed by atoms with Crippen molar-refractivity contribution in [3.63, 3.8) is 0 Å². The number of benzene rings is 1. The number of ether oxygens (including phenoxy) is 1. The minimum Gasteiger partial charge on any atom is -0.475 e. The number of hydrogen-bond acceptors (Lipinski definition) is 6. The molecule has 146 valence electrons. The van der Waals surface area contributed by atoms with Gasteiger partial charge in [-0.2, -0.15) is 4.98 Å². The Bertz CT molecular complexity index is 967. The lowest BCUT2D eigenvalue weighted by Gasteiger charge is -2.15. The molecule has 7 heteroatoms. The molecule has 28 heavy (non-hydrogen) atoms. The molecule has 0 saturated carbocycles. The Morgan fingerprint density at radius 2 is 1.93 bits per heavy atom. The van der Waals surface area contributed by atoms with Gasteiger partial charge in [-0.3, -0.25) is 4.79 Å². The van der Waals surface area contributed by atoms with Crippen molar-refractivity contribution >= 4 is 5.78 Å². The second-order valence-corrected chi connectivity index (χ2v) is 6.96. The van der Waals surface area contributed by atoms with Gasteiger partial charge < -0.3 is 9.26 Å². The largest absolute Gasteiger partial charge is 0.475 e. The Hall–Kier alpha value is -3.09. The summed E-state index contributed by atoms with van der Waals surface area (Å²) in [5, 5.41) is 3.76. The summed E-state index contributed by atoms with van der Waals surface area (Å²) in [6.45, 7) is 7.37. The van der Waals surface area contributed by atoms with Gasteiger partial charge in [0, 0.05) is 29.7 Å². The van der Waals surface area contributed by atoms with Gasteiger partial charge in [-0.05, 0) is 44.5 Å². The van der Waals surface area contributed by atoms with E-state index in [4.69, 9.17) is 9.26 Å². The molecule has 0 N–H and O–H groups in total. The van der Waals surface area contributed by atoms with Crippen LogP contribution in [-0.2, 0) is 0 Å². The molecule has 0 amide bonds. The third-order valence-electron chi connectivity index (χ3n) is 4.13. The van der Waals surface area contributed by atoms with Crippen molar-refractivity contribution in [1.29, 1.82) is 0 Å². The maximum atomic E-state index is 13.3. The van der Waals surface area contributed by atoms with Crippen molar-refractivity contribution < 1.29 is 18.4 Å². The van der Waals surface area contributed by atoms with Crippen LogP contribution >= 0.6 is 0 Å². The smallest absolute Gasteiger partial charge is 0.229 e. The highest BCUT2D eigenvalue weighted by Gasteiger charge is 2.20. The molecule has 3 rings (SSSR count). The maximum Gasteiger partial charge on any atom is 0.229 e. The van der Waals surface area contributed by atoms with Crippen LogP contribution in [0.1, 0.15) is 55.2 Å². The van der Waals surface area contributed by atoms with Crippen LogP contribution in [0.4, 0.5) is 4.39 Å². The van der Waals surface area contributed by atoms with E-state index in [0.29, 0.717) is 28.7 Å². The molecule has 0 aliphatic heterocycles. The zero-order valence-corrected chi connectivity index (χ0v) is 16.3. The van der Waals surface area contributed by atoms with E-state index in [1.807, 2.05) is 20.8 Å². The molecule has 0 saturated heterocycles.